The number of imidazole rings is 1. The third-order valence-corrected chi connectivity index (χ3v) is 7.60. The van der Waals surface area contributed by atoms with Crippen molar-refractivity contribution in [2.24, 2.45) is 0 Å². The first-order chi connectivity index (χ1) is 20.6. The van der Waals surface area contributed by atoms with Gasteiger partial charge < -0.3 is 24.5 Å². The van der Waals surface area contributed by atoms with Gasteiger partial charge in [0, 0.05) is 6.92 Å². The van der Waals surface area contributed by atoms with Crippen LogP contribution in [0.25, 0.3) is 11.2 Å². The number of hydrogen-bond donors (Lipinski definition) is 2. The van der Waals surface area contributed by atoms with Gasteiger partial charge in [-0.2, -0.15) is 15.1 Å². The Balaban J connectivity index is 1.46. The number of nitrogens with zero attached hydrogens (tertiary/aromatic N) is 4. The lowest BCUT2D eigenvalue weighted by Crippen LogP contribution is -2.36. The van der Waals surface area contributed by atoms with Crippen LogP contribution >= 0.6 is 19.3 Å². The second kappa shape index (κ2) is 14.9. The van der Waals surface area contributed by atoms with Gasteiger partial charge in [0.1, 0.15) is 43.4 Å². The molecule has 4 aromatic rings. The molecule has 0 saturated carbocycles. The number of benzene rings is 2. The lowest BCUT2D eigenvalue weighted by Gasteiger charge is -2.25. The highest BCUT2D eigenvalue weighted by molar-refractivity contribution is 7.52. The fourth-order valence-electron chi connectivity index (χ4n) is 3.60. The summed E-state index contributed by atoms with van der Waals surface area (Å²) in [7, 11) is -4.23. The molecule has 0 aliphatic rings. The molecule has 0 radical (unpaired) electrons. The first-order valence-electron chi connectivity index (χ1n) is 13.0. The van der Waals surface area contributed by atoms with Crippen LogP contribution in [0.3, 0.4) is 0 Å². The summed E-state index contributed by atoms with van der Waals surface area (Å²) in [4.78, 5) is 36.4. The molecule has 0 bridgehead atoms. The summed E-state index contributed by atoms with van der Waals surface area (Å²) >= 11 is 6.09. The van der Waals surface area contributed by atoms with Crippen LogP contribution in [0.1, 0.15) is 19.4 Å². The predicted molar refractivity (Wildman–Crippen MR) is 156 cm³/mol. The van der Waals surface area contributed by atoms with Gasteiger partial charge in [0.2, 0.25) is 5.95 Å². The smallest absolute Gasteiger partial charge is 0.459 e. The molecular formula is C27H30ClN6O8P. The Bertz CT molecular complexity index is 1580. The predicted octanol–water partition coefficient (Wildman–Crippen LogP) is 3.89. The zero-order valence-corrected chi connectivity index (χ0v) is 24.9. The number of nitrogens with one attached hydrogen (secondary N) is 1. The van der Waals surface area contributed by atoms with E-state index in [0.717, 1.165) is 5.56 Å². The highest BCUT2D eigenvalue weighted by Crippen LogP contribution is 2.45. The molecule has 4 rings (SSSR count). The number of anilines is 1. The maximum atomic E-state index is 13.9. The maximum Gasteiger partial charge on any atom is 0.459 e. The molecule has 2 aromatic carbocycles. The van der Waals surface area contributed by atoms with E-state index in [0.29, 0.717) is 11.2 Å². The largest absolute Gasteiger partial charge is 0.463 e. The van der Waals surface area contributed by atoms with E-state index < -0.39 is 31.8 Å². The molecular weight excluding hydrogens is 603 g/mol. The fraction of sp³-hybridized carbons (Fsp3) is 0.296. The van der Waals surface area contributed by atoms with Gasteiger partial charge in [-0.3, -0.25) is 18.7 Å². The second-order valence-electron chi connectivity index (χ2n) is 9.12. The minimum atomic E-state index is -4.23. The van der Waals surface area contributed by atoms with Crippen molar-refractivity contribution >= 4 is 48.4 Å². The van der Waals surface area contributed by atoms with Crippen molar-refractivity contribution in [3.05, 3.63) is 77.7 Å². The van der Waals surface area contributed by atoms with Crippen molar-refractivity contribution in [1.82, 2.24) is 24.6 Å². The molecule has 3 atom stereocenters. The Morgan fingerprint density at radius 3 is 2.44 bits per heavy atom. The van der Waals surface area contributed by atoms with E-state index in [9.17, 15) is 14.2 Å². The number of ether oxygens (including phenoxy) is 3. The lowest BCUT2D eigenvalue weighted by molar-refractivity contribution is -0.148. The van der Waals surface area contributed by atoms with E-state index in [2.05, 4.69) is 20.0 Å². The zero-order chi connectivity index (χ0) is 30.8. The monoisotopic (exact) mass is 632 g/mol. The van der Waals surface area contributed by atoms with Crippen molar-refractivity contribution in [2.45, 2.75) is 39.3 Å². The average Bonchev–Trinajstić information content (AvgIpc) is 3.39. The molecule has 0 saturated heterocycles. The molecule has 228 valence electrons. The van der Waals surface area contributed by atoms with Crippen LogP contribution in [-0.2, 0) is 46.2 Å². The van der Waals surface area contributed by atoms with Gasteiger partial charge in [0.25, 0.3) is 0 Å². The van der Waals surface area contributed by atoms with Crippen molar-refractivity contribution in [3.63, 3.8) is 0 Å². The number of carbonyl (C=O) groups is 2. The topological polar surface area (TPSA) is 179 Å². The number of hydrogen-bond acceptors (Lipinski definition) is 12. The summed E-state index contributed by atoms with van der Waals surface area (Å²) in [5.74, 6) is -1.07. The highest BCUT2D eigenvalue weighted by Gasteiger charge is 2.33. The highest BCUT2D eigenvalue weighted by atomic mass is 35.5. The van der Waals surface area contributed by atoms with Gasteiger partial charge in [-0.05, 0) is 24.6 Å². The summed E-state index contributed by atoms with van der Waals surface area (Å²) < 4.78 is 43.2. The molecule has 2 aromatic heterocycles. The van der Waals surface area contributed by atoms with E-state index in [1.165, 1.54) is 24.7 Å². The number of rotatable bonds is 15. The number of para-hydroxylation sites is 1. The molecule has 43 heavy (non-hydrogen) atoms. The Hall–Kier alpha value is -4.07. The van der Waals surface area contributed by atoms with Crippen LogP contribution in [0, 0.1) is 0 Å². The number of halogens is 1. The van der Waals surface area contributed by atoms with Gasteiger partial charge in [0.15, 0.2) is 10.8 Å². The SMILES string of the molecule is CC(=O)OCC(COP(=O)(N[C@@H](C)C(=O)OCc1ccccc1)Oc1ccccc1)OCn1cnc2c(Cl)nc(N)nc21. The molecule has 16 heteroatoms. The number of carbonyl (C=O) groups excluding carboxylic acids is 2. The summed E-state index contributed by atoms with van der Waals surface area (Å²) in [6.45, 7) is 1.96. The van der Waals surface area contributed by atoms with Crippen LogP contribution < -0.4 is 15.3 Å². The van der Waals surface area contributed by atoms with Crippen molar-refractivity contribution < 1.29 is 37.4 Å². The Morgan fingerprint density at radius 2 is 1.74 bits per heavy atom. The molecule has 0 fully saturated rings. The van der Waals surface area contributed by atoms with E-state index >= 15 is 0 Å². The molecule has 2 unspecified atom stereocenters. The average molecular weight is 633 g/mol. The first kappa shape index (κ1) is 31.9. The van der Waals surface area contributed by atoms with Crippen LogP contribution in [0.5, 0.6) is 5.75 Å². The standard InChI is InChI=1S/C27H30ClN6O8P/c1-18(26(36)39-13-20-9-5-3-6-10-20)33-43(37,42-21-11-7-4-8-12-21)41-15-22(14-38-19(2)35)40-17-34-16-30-23-24(28)31-27(29)32-25(23)34/h3-12,16,18,22H,13-15,17H2,1-2H3,(H,33,37)(H2,29,31,32)/t18-,22?,43?/m0/s1. The number of esters is 2. The van der Waals surface area contributed by atoms with E-state index in [-0.39, 0.29) is 43.4 Å². The van der Waals surface area contributed by atoms with Crippen LogP contribution in [0.15, 0.2) is 67.0 Å². The quantitative estimate of drug-likeness (QED) is 0.110. The molecule has 0 spiro atoms. The Labute approximate surface area is 252 Å². The van der Waals surface area contributed by atoms with Gasteiger partial charge in [0.05, 0.1) is 12.9 Å². The molecule has 0 amide bonds. The van der Waals surface area contributed by atoms with Crippen molar-refractivity contribution in [1.29, 1.82) is 0 Å². The van der Waals surface area contributed by atoms with E-state index in [4.69, 9.17) is 40.6 Å². The van der Waals surface area contributed by atoms with Gasteiger partial charge >= 0.3 is 19.7 Å². The molecule has 14 nitrogen and oxygen atoms in total. The van der Waals surface area contributed by atoms with Crippen molar-refractivity contribution in [3.8, 4) is 5.75 Å². The number of nitrogens with two attached hydrogens (primary N) is 1. The molecule has 0 aliphatic heterocycles. The summed E-state index contributed by atoms with van der Waals surface area (Å²) in [6, 6.07) is 16.3. The zero-order valence-electron chi connectivity index (χ0n) is 23.3. The van der Waals surface area contributed by atoms with Gasteiger partial charge in [-0.1, -0.05) is 60.1 Å². The first-order valence-corrected chi connectivity index (χ1v) is 14.9. The number of nitrogen functional groups attached to an aromatic ring is 1. The van der Waals surface area contributed by atoms with Crippen molar-refractivity contribution in [2.75, 3.05) is 18.9 Å². The maximum absolute atomic E-state index is 13.9. The normalized spacial score (nSPS) is 14.0. The minimum absolute atomic E-state index is 0.0272. The lowest BCUT2D eigenvalue weighted by atomic mass is 10.2. The second-order valence-corrected chi connectivity index (χ2v) is 11.2. The Morgan fingerprint density at radius 1 is 1.05 bits per heavy atom. The number of aromatic nitrogens is 4. The van der Waals surface area contributed by atoms with E-state index in [1.807, 2.05) is 30.3 Å². The van der Waals surface area contributed by atoms with Crippen LogP contribution in [0.2, 0.25) is 5.15 Å². The molecule has 2 heterocycles. The molecule has 0 aliphatic carbocycles. The van der Waals surface area contributed by atoms with Gasteiger partial charge in [-0.25, -0.2) is 9.55 Å². The summed E-state index contributed by atoms with van der Waals surface area (Å²) in [6.07, 6.45) is 0.480. The summed E-state index contributed by atoms with van der Waals surface area (Å²) in [5.41, 5.74) is 7.12. The van der Waals surface area contributed by atoms with Crippen LogP contribution in [-0.4, -0.2) is 56.8 Å². The van der Waals surface area contributed by atoms with E-state index in [1.54, 1.807) is 30.3 Å². The number of fused-ring (bicyclic) bond motifs is 1. The summed E-state index contributed by atoms with van der Waals surface area (Å²) in [5, 5.41) is 2.69. The third-order valence-electron chi connectivity index (χ3n) is 5.69. The van der Waals surface area contributed by atoms with Crippen LogP contribution in [0.4, 0.5) is 5.95 Å². The molecule has 3 N–H and O–H groups in total. The minimum Gasteiger partial charge on any atom is -0.463 e. The van der Waals surface area contributed by atoms with Gasteiger partial charge in [-0.15, -0.1) is 0 Å². The fourth-order valence-corrected chi connectivity index (χ4v) is 5.34. The third kappa shape index (κ3) is 9.46. The Kier molecular flexibility index (Phi) is 11.0.